The minimum absolute atomic E-state index is 0.119. The maximum atomic E-state index is 12.9. The predicted octanol–water partition coefficient (Wildman–Crippen LogP) is 2.64. The van der Waals surface area contributed by atoms with Crippen LogP contribution in [0.1, 0.15) is 36.2 Å². The lowest BCUT2D eigenvalue weighted by molar-refractivity contribution is -0.121. The molecule has 1 N–H and O–H groups in total. The molecule has 0 aliphatic carbocycles. The maximum absolute atomic E-state index is 12.9. The van der Waals surface area contributed by atoms with Crippen LogP contribution in [0.3, 0.4) is 0 Å². The average molecular weight is 425 g/mol. The number of amides is 1. The molecular weight excluding hydrogens is 400 g/mol. The molecule has 1 fully saturated rings. The van der Waals surface area contributed by atoms with Gasteiger partial charge in [-0.15, -0.1) is 0 Å². The third-order valence-corrected chi connectivity index (χ3v) is 7.34. The van der Waals surface area contributed by atoms with Crippen molar-refractivity contribution < 1.29 is 13.2 Å². The number of nitrogens with one attached hydrogen (secondary N) is 1. The molecule has 7 nitrogen and oxygen atoms in total. The standard InChI is InChI=1S/C19H25ClN4O3S/c1-14-19(28(26,27)23-10-3-4-11-23)15(2)24(22-14)12-9-18(25)21-13-16-5-7-17(20)8-6-16/h5-8H,3-4,9-13H2,1-2H3,(H,21,25). The van der Waals surface area contributed by atoms with E-state index < -0.39 is 10.0 Å². The highest BCUT2D eigenvalue weighted by atomic mass is 35.5. The van der Waals surface area contributed by atoms with E-state index in [-0.39, 0.29) is 17.2 Å². The Morgan fingerprint density at radius 1 is 1.18 bits per heavy atom. The summed E-state index contributed by atoms with van der Waals surface area (Å²) in [6.07, 6.45) is 2.00. The molecule has 1 saturated heterocycles. The van der Waals surface area contributed by atoms with E-state index in [1.165, 1.54) is 4.31 Å². The van der Waals surface area contributed by atoms with Crippen molar-refractivity contribution in [3.05, 3.63) is 46.2 Å². The second-order valence-electron chi connectivity index (χ2n) is 6.99. The van der Waals surface area contributed by atoms with Crippen molar-refractivity contribution in [2.75, 3.05) is 13.1 Å². The minimum atomic E-state index is -3.53. The van der Waals surface area contributed by atoms with Crippen LogP contribution in [0.4, 0.5) is 0 Å². The van der Waals surface area contributed by atoms with E-state index in [1.54, 1.807) is 30.7 Å². The van der Waals surface area contributed by atoms with E-state index in [0.717, 1.165) is 18.4 Å². The van der Waals surface area contributed by atoms with Gasteiger partial charge in [-0.2, -0.15) is 9.40 Å². The van der Waals surface area contributed by atoms with Crippen LogP contribution < -0.4 is 5.32 Å². The van der Waals surface area contributed by atoms with Crippen molar-refractivity contribution in [1.29, 1.82) is 0 Å². The number of carbonyl (C=O) groups is 1. The summed E-state index contributed by atoms with van der Waals surface area (Å²) >= 11 is 5.85. The Balaban J connectivity index is 1.62. The summed E-state index contributed by atoms with van der Waals surface area (Å²) in [5.41, 5.74) is 2.02. The monoisotopic (exact) mass is 424 g/mol. The van der Waals surface area contributed by atoms with Gasteiger partial charge in [0.1, 0.15) is 4.90 Å². The molecule has 0 bridgehead atoms. The third-order valence-electron chi connectivity index (χ3n) is 4.93. The average Bonchev–Trinajstić information content (AvgIpc) is 3.28. The Morgan fingerprint density at radius 3 is 2.46 bits per heavy atom. The lowest BCUT2D eigenvalue weighted by atomic mass is 10.2. The topological polar surface area (TPSA) is 84.3 Å². The smallest absolute Gasteiger partial charge is 0.246 e. The Morgan fingerprint density at radius 2 is 1.82 bits per heavy atom. The lowest BCUT2D eigenvalue weighted by Crippen LogP contribution is -2.28. The molecule has 0 saturated carbocycles. The molecule has 0 radical (unpaired) electrons. The van der Waals surface area contributed by atoms with Gasteiger partial charge in [0.05, 0.1) is 17.9 Å². The van der Waals surface area contributed by atoms with Gasteiger partial charge in [0.25, 0.3) is 0 Å². The SMILES string of the molecule is Cc1nn(CCC(=O)NCc2ccc(Cl)cc2)c(C)c1S(=O)(=O)N1CCCC1. The Labute approximate surface area is 170 Å². The van der Waals surface area contributed by atoms with E-state index in [4.69, 9.17) is 11.6 Å². The summed E-state index contributed by atoms with van der Waals surface area (Å²) in [5, 5.41) is 7.87. The number of hydrogen-bond donors (Lipinski definition) is 1. The van der Waals surface area contributed by atoms with Gasteiger partial charge in [-0.1, -0.05) is 23.7 Å². The van der Waals surface area contributed by atoms with Crippen molar-refractivity contribution in [3.8, 4) is 0 Å². The number of benzene rings is 1. The molecule has 2 aromatic rings. The normalized spacial score (nSPS) is 15.1. The molecule has 1 amide bonds. The van der Waals surface area contributed by atoms with E-state index in [9.17, 15) is 13.2 Å². The first kappa shape index (κ1) is 20.8. The molecule has 0 spiro atoms. The number of aromatic nitrogens is 2. The van der Waals surface area contributed by atoms with E-state index >= 15 is 0 Å². The number of nitrogens with zero attached hydrogens (tertiary/aromatic N) is 3. The molecule has 1 aliphatic rings. The van der Waals surface area contributed by atoms with Crippen LogP contribution in [0, 0.1) is 13.8 Å². The summed E-state index contributed by atoms with van der Waals surface area (Å²) in [5.74, 6) is -0.119. The van der Waals surface area contributed by atoms with Crippen LogP contribution in [-0.2, 0) is 27.9 Å². The van der Waals surface area contributed by atoms with E-state index in [0.29, 0.717) is 42.6 Å². The Hall–Kier alpha value is -1.90. The molecule has 1 aliphatic heterocycles. The van der Waals surface area contributed by atoms with Gasteiger partial charge in [0.15, 0.2) is 0 Å². The lowest BCUT2D eigenvalue weighted by Gasteiger charge is -2.15. The van der Waals surface area contributed by atoms with Crippen LogP contribution in [0.5, 0.6) is 0 Å². The molecule has 3 rings (SSSR count). The Kier molecular flexibility index (Phi) is 6.42. The molecule has 0 atom stereocenters. The third kappa shape index (κ3) is 4.56. The Bertz CT molecular complexity index is 948. The highest BCUT2D eigenvalue weighted by Gasteiger charge is 2.32. The number of halogens is 1. The highest BCUT2D eigenvalue weighted by Crippen LogP contribution is 2.26. The second-order valence-corrected chi connectivity index (χ2v) is 9.30. The molecule has 28 heavy (non-hydrogen) atoms. The van der Waals surface area contributed by atoms with Crippen molar-refractivity contribution in [3.63, 3.8) is 0 Å². The van der Waals surface area contributed by atoms with Gasteiger partial charge in [-0.3, -0.25) is 9.48 Å². The first-order valence-electron chi connectivity index (χ1n) is 9.34. The predicted molar refractivity (Wildman–Crippen MR) is 108 cm³/mol. The molecule has 2 heterocycles. The molecule has 1 aromatic carbocycles. The fraction of sp³-hybridized carbons (Fsp3) is 0.474. The maximum Gasteiger partial charge on any atom is 0.246 e. The quantitative estimate of drug-likeness (QED) is 0.740. The van der Waals surface area contributed by atoms with Crippen LogP contribution in [0.25, 0.3) is 0 Å². The molecule has 1 aromatic heterocycles. The molecule has 9 heteroatoms. The fourth-order valence-corrected chi connectivity index (χ4v) is 5.44. The zero-order valence-corrected chi connectivity index (χ0v) is 17.7. The summed E-state index contributed by atoms with van der Waals surface area (Å²) in [6, 6.07) is 7.28. The van der Waals surface area contributed by atoms with E-state index in [1.807, 2.05) is 12.1 Å². The van der Waals surface area contributed by atoms with Gasteiger partial charge >= 0.3 is 0 Å². The fourth-order valence-electron chi connectivity index (χ4n) is 3.43. The first-order valence-corrected chi connectivity index (χ1v) is 11.2. The largest absolute Gasteiger partial charge is 0.352 e. The van der Waals surface area contributed by atoms with Gasteiger partial charge in [0, 0.05) is 31.1 Å². The molecule has 0 unspecified atom stereocenters. The van der Waals surface area contributed by atoms with Crippen molar-refractivity contribution >= 4 is 27.5 Å². The number of hydrogen-bond acceptors (Lipinski definition) is 4. The number of carbonyl (C=O) groups excluding carboxylic acids is 1. The highest BCUT2D eigenvalue weighted by molar-refractivity contribution is 7.89. The first-order chi connectivity index (χ1) is 13.3. The van der Waals surface area contributed by atoms with Crippen LogP contribution in [0.2, 0.25) is 5.02 Å². The van der Waals surface area contributed by atoms with Crippen LogP contribution >= 0.6 is 11.6 Å². The number of sulfonamides is 1. The summed E-state index contributed by atoms with van der Waals surface area (Å²) < 4.78 is 28.9. The number of aryl methyl sites for hydroxylation is 2. The van der Waals surface area contributed by atoms with E-state index in [2.05, 4.69) is 10.4 Å². The van der Waals surface area contributed by atoms with Crippen molar-refractivity contribution in [2.45, 2.75) is 51.1 Å². The summed E-state index contributed by atoms with van der Waals surface area (Å²) in [4.78, 5) is 12.4. The minimum Gasteiger partial charge on any atom is -0.352 e. The van der Waals surface area contributed by atoms with Gasteiger partial charge in [-0.25, -0.2) is 8.42 Å². The molecule has 152 valence electrons. The summed E-state index contributed by atoms with van der Waals surface area (Å²) in [7, 11) is -3.53. The zero-order valence-electron chi connectivity index (χ0n) is 16.1. The second kappa shape index (κ2) is 8.63. The molecular formula is C19H25ClN4O3S. The van der Waals surface area contributed by atoms with Gasteiger partial charge in [-0.05, 0) is 44.4 Å². The number of rotatable bonds is 7. The zero-order chi connectivity index (χ0) is 20.3. The van der Waals surface area contributed by atoms with Crippen molar-refractivity contribution in [2.24, 2.45) is 0 Å². The van der Waals surface area contributed by atoms with Crippen LogP contribution in [-0.4, -0.2) is 41.5 Å². The summed E-state index contributed by atoms with van der Waals surface area (Å²) in [6.45, 7) is 5.30. The van der Waals surface area contributed by atoms with Gasteiger partial charge < -0.3 is 5.32 Å². The van der Waals surface area contributed by atoms with Gasteiger partial charge in [0.2, 0.25) is 15.9 Å². The van der Waals surface area contributed by atoms with Crippen LogP contribution in [0.15, 0.2) is 29.2 Å². The van der Waals surface area contributed by atoms with Crippen molar-refractivity contribution in [1.82, 2.24) is 19.4 Å².